The van der Waals surface area contributed by atoms with Crippen molar-refractivity contribution in [3.8, 4) is 5.95 Å². The number of alkyl halides is 6. The van der Waals surface area contributed by atoms with Gasteiger partial charge in [0.1, 0.15) is 11.7 Å². The van der Waals surface area contributed by atoms with Gasteiger partial charge in [-0.15, -0.1) is 0 Å². The molecule has 1 aliphatic carbocycles. The quantitative estimate of drug-likeness (QED) is 0.394. The molecule has 178 valence electrons. The van der Waals surface area contributed by atoms with E-state index >= 15 is 0 Å². The van der Waals surface area contributed by atoms with Crippen LogP contribution in [0.1, 0.15) is 31.2 Å². The van der Waals surface area contributed by atoms with E-state index in [0.29, 0.717) is 35.0 Å². The van der Waals surface area contributed by atoms with Gasteiger partial charge in [0.05, 0.1) is 0 Å². The maximum Gasteiger partial charge on any atom is 0.435 e. The summed E-state index contributed by atoms with van der Waals surface area (Å²) in [5.74, 6) is -1.23. The minimum absolute atomic E-state index is 0.254. The van der Waals surface area contributed by atoms with Gasteiger partial charge < -0.3 is 15.5 Å². The predicted molar refractivity (Wildman–Crippen MR) is 106 cm³/mol. The van der Waals surface area contributed by atoms with Crippen LogP contribution in [0.15, 0.2) is 30.6 Å². The van der Waals surface area contributed by atoms with Gasteiger partial charge in [0, 0.05) is 30.9 Å². The van der Waals surface area contributed by atoms with E-state index in [9.17, 15) is 26.3 Å². The van der Waals surface area contributed by atoms with Crippen LogP contribution in [-0.2, 0) is 11.7 Å². The molecule has 1 atom stereocenters. The Kier molecular flexibility index (Phi) is 5.54. The molecule has 0 bridgehead atoms. The third kappa shape index (κ3) is 4.85. The molecule has 0 radical (unpaired) electrons. The molecule has 0 aromatic carbocycles. The summed E-state index contributed by atoms with van der Waals surface area (Å²) in [6.45, 7) is 8.19. The molecule has 0 amide bonds. The summed E-state index contributed by atoms with van der Waals surface area (Å²) in [6.07, 6.45) is -5.70. The highest BCUT2D eigenvalue weighted by atomic mass is 19.4. The van der Waals surface area contributed by atoms with Crippen LogP contribution in [0.2, 0.25) is 0 Å². The zero-order valence-electron chi connectivity index (χ0n) is 17.3. The Hall–Kier alpha value is -3.96. The first kappa shape index (κ1) is 23.2. The van der Waals surface area contributed by atoms with Gasteiger partial charge in [0.2, 0.25) is 11.9 Å². The zero-order valence-corrected chi connectivity index (χ0v) is 17.3. The molecule has 1 saturated carbocycles. The lowest BCUT2D eigenvalue weighted by atomic mass is 10.1. The summed E-state index contributed by atoms with van der Waals surface area (Å²) in [6, 6.07) is 1.72. The SMILES string of the molecule is [C-]#[N+]C1(c2cc(Nc3nc(N[C@H](C)C(F)(F)F)nc(-n4ccc(C(F)(F)F)n4)n3)ccn2)CC1. The number of pyridine rings is 1. The van der Waals surface area contributed by atoms with Crippen molar-refractivity contribution in [1.29, 1.82) is 0 Å². The fourth-order valence-electron chi connectivity index (χ4n) is 2.89. The maximum absolute atomic E-state index is 13.0. The highest BCUT2D eigenvalue weighted by Gasteiger charge is 2.54. The first-order valence-electron chi connectivity index (χ1n) is 9.74. The van der Waals surface area contributed by atoms with Crippen molar-refractivity contribution in [2.45, 2.75) is 43.7 Å². The lowest BCUT2D eigenvalue weighted by molar-refractivity contribution is -0.141. The molecule has 4 rings (SSSR count). The number of nitrogens with one attached hydrogen (secondary N) is 2. The lowest BCUT2D eigenvalue weighted by Crippen LogP contribution is -2.34. The van der Waals surface area contributed by atoms with Crippen LogP contribution in [0.5, 0.6) is 0 Å². The monoisotopic (exact) mass is 483 g/mol. The van der Waals surface area contributed by atoms with Gasteiger partial charge in [0.15, 0.2) is 5.69 Å². The van der Waals surface area contributed by atoms with Crippen molar-refractivity contribution in [1.82, 2.24) is 29.7 Å². The van der Waals surface area contributed by atoms with Gasteiger partial charge in [-0.1, -0.05) is 0 Å². The predicted octanol–water partition coefficient (Wildman–Crippen LogP) is 4.49. The van der Waals surface area contributed by atoms with Crippen molar-refractivity contribution in [3.63, 3.8) is 0 Å². The standard InChI is InChI=1S/C19H15F6N9/c1-10(18(20,21)22)28-14-30-15(29-11-3-7-27-13(9-11)17(26-2)5-6-17)32-16(31-14)34-8-4-12(33-34)19(23,24)25/h3-4,7-10H,5-6H2,1H3,(H2,27,28,29,30,31,32)/t10-/m1/s1. The van der Waals surface area contributed by atoms with E-state index in [1.54, 1.807) is 6.07 Å². The Balaban J connectivity index is 1.70. The van der Waals surface area contributed by atoms with Gasteiger partial charge in [-0.3, -0.25) is 4.98 Å². The van der Waals surface area contributed by atoms with Crippen LogP contribution in [0, 0.1) is 6.57 Å². The minimum Gasteiger partial charge on any atom is -0.343 e. The zero-order chi connectivity index (χ0) is 24.7. The van der Waals surface area contributed by atoms with Crippen LogP contribution < -0.4 is 10.6 Å². The first-order valence-corrected chi connectivity index (χ1v) is 9.74. The van der Waals surface area contributed by atoms with Crippen molar-refractivity contribution in [2.24, 2.45) is 0 Å². The van der Waals surface area contributed by atoms with Crippen molar-refractivity contribution >= 4 is 17.6 Å². The molecule has 0 spiro atoms. The minimum atomic E-state index is -4.74. The van der Waals surface area contributed by atoms with Crippen LogP contribution in [0.4, 0.5) is 43.9 Å². The fraction of sp³-hybridized carbons (Fsp3) is 0.368. The molecule has 1 fully saturated rings. The number of nitrogens with zero attached hydrogens (tertiary/aromatic N) is 7. The van der Waals surface area contributed by atoms with Gasteiger partial charge >= 0.3 is 12.4 Å². The summed E-state index contributed by atoms with van der Waals surface area (Å²) in [5.41, 5.74) is -1.05. The van der Waals surface area contributed by atoms with Crippen molar-refractivity contribution < 1.29 is 26.3 Å². The topological polar surface area (TPSA) is 97.8 Å². The van der Waals surface area contributed by atoms with Gasteiger partial charge in [0.25, 0.3) is 11.5 Å². The number of rotatable bonds is 6. The second-order valence-corrected chi connectivity index (χ2v) is 7.53. The van der Waals surface area contributed by atoms with Gasteiger partial charge in [-0.2, -0.15) is 46.4 Å². The van der Waals surface area contributed by atoms with Crippen LogP contribution in [0.25, 0.3) is 10.8 Å². The number of hydrogen-bond acceptors (Lipinski definition) is 7. The largest absolute Gasteiger partial charge is 0.435 e. The third-order valence-electron chi connectivity index (χ3n) is 4.98. The van der Waals surface area contributed by atoms with E-state index in [4.69, 9.17) is 6.57 Å². The normalized spacial score (nSPS) is 15.9. The molecular weight excluding hydrogens is 468 g/mol. The second kappa shape index (κ2) is 8.12. The summed E-state index contributed by atoms with van der Waals surface area (Å²) >= 11 is 0. The van der Waals surface area contributed by atoms with E-state index < -0.39 is 41.5 Å². The Labute approximate surface area is 188 Å². The molecule has 1 aliphatic rings. The molecule has 3 heterocycles. The smallest absolute Gasteiger partial charge is 0.343 e. The van der Waals surface area contributed by atoms with Crippen LogP contribution in [-0.4, -0.2) is 41.9 Å². The Morgan fingerprint density at radius 3 is 2.38 bits per heavy atom. The summed E-state index contributed by atoms with van der Waals surface area (Å²) in [5, 5.41) is 8.20. The van der Waals surface area contributed by atoms with Crippen molar-refractivity contribution in [3.05, 3.63) is 53.4 Å². The maximum atomic E-state index is 13.0. The average Bonchev–Trinajstić information content (AvgIpc) is 3.39. The molecule has 9 nitrogen and oxygen atoms in total. The number of anilines is 3. The average molecular weight is 483 g/mol. The Morgan fingerprint density at radius 1 is 1.09 bits per heavy atom. The molecule has 0 unspecified atom stereocenters. The summed E-state index contributed by atoms with van der Waals surface area (Å²) < 4.78 is 78.5. The van der Waals surface area contributed by atoms with E-state index in [2.05, 4.69) is 40.5 Å². The first-order chi connectivity index (χ1) is 15.9. The summed E-state index contributed by atoms with van der Waals surface area (Å²) in [4.78, 5) is 19.5. The fourth-order valence-corrected chi connectivity index (χ4v) is 2.89. The molecule has 3 aromatic heterocycles. The van der Waals surface area contributed by atoms with E-state index in [1.165, 1.54) is 12.3 Å². The van der Waals surface area contributed by atoms with Crippen LogP contribution in [0.3, 0.4) is 0 Å². The molecule has 15 heteroatoms. The second-order valence-electron chi connectivity index (χ2n) is 7.53. The molecule has 3 aromatic rings. The Morgan fingerprint density at radius 2 is 1.79 bits per heavy atom. The van der Waals surface area contributed by atoms with E-state index in [0.717, 1.165) is 13.1 Å². The molecular formula is C19H15F6N9. The highest BCUT2D eigenvalue weighted by Crippen LogP contribution is 2.49. The Bertz CT molecular complexity index is 1240. The molecule has 2 N–H and O–H groups in total. The van der Waals surface area contributed by atoms with Gasteiger partial charge in [-0.05, 0) is 25.1 Å². The number of aromatic nitrogens is 6. The molecule has 0 aliphatic heterocycles. The molecule has 34 heavy (non-hydrogen) atoms. The lowest BCUT2D eigenvalue weighted by Gasteiger charge is -2.18. The van der Waals surface area contributed by atoms with E-state index in [1.807, 2.05) is 0 Å². The number of hydrogen-bond donors (Lipinski definition) is 2. The highest BCUT2D eigenvalue weighted by molar-refractivity contribution is 5.56. The van der Waals surface area contributed by atoms with Gasteiger partial charge in [-0.25, -0.2) is 11.3 Å². The van der Waals surface area contributed by atoms with Crippen molar-refractivity contribution in [2.75, 3.05) is 10.6 Å². The van der Waals surface area contributed by atoms with Crippen LogP contribution >= 0.6 is 0 Å². The molecule has 0 saturated heterocycles. The number of halogens is 6. The summed E-state index contributed by atoms with van der Waals surface area (Å²) in [7, 11) is 0. The van der Waals surface area contributed by atoms with E-state index in [-0.39, 0.29) is 5.95 Å². The third-order valence-corrected chi connectivity index (χ3v) is 4.98.